The number of halogens is 3. The third kappa shape index (κ3) is 2.69. The molecule has 2 saturated heterocycles. The molecule has 136 valence electrons. The fourth-order valence-corrected chi connectivity index (χ4v) is 3.81. The van der Waals surface area contributed by atoms with E-state index in [1.165, 1.54) is 13.0 Å². The van der Waals surface area contributed by atoms with Gasteiger partial charge in [-0.15, -0.1) is 0 Å². The molecule has 1 aromatic carbocycles. The summed E-state index contributed by atoms with van der Waals surface area (Å²) < 4.78 is 41.7. The largest absolute Gasteiger partial charge is 0.322 e. The number of hydrogen-bond donors (Lipinski definition) is 1. The molecule has 2 aliphatic heterocycles. The summed E-state index contributed by atoms with van der Waals surface area (Å²) in [5, 5.41) is 2.47. The zero-order chi connectivity index (χ0) is 18.4. The average molecular weight is 362 g/mol. The molecule has 2 aromatic rings. The number of carbonyl (C=O) groups excluding carboxylic acids is 1. The molecule has 1 N–H and O–H groups in total. The lowest BCUT2D eigenvalue weighted by Gasteiger charge is -2.52. The lowest BCUT2D eigenvalue weighted by Crippen LogP contribution is -2.62. The van der Waals surface area contributed by atoms with E-state index in [1.54, 1.807) is 4.90 Å². The number of carbonyl (C=O) groups is 1. The normalized spacial score (nSPS) is 21.3. The molecule has 0 spiro atoms. The topological polar surface area (TPSA) is 58.1 Å². The van der Waals surface area contributed by atoms with E-state index in [-0.39, 0.29) is 34.7 Å². The first-order chi connectivity index (χ1) is 12.5. The first-order valence-electron chi connectivity index (χ1n) is 8.51. The van der Waals surface area contributed by atoms with E-state index in [0.717, 1.165) is 38.1 Å². The molecule has 0 aliphatic carbocycles. The van der Waals surface area contributed by atoms with Gasteiger partial charge in [0.05, 0.1) is 18.1 Å². The second-order valence-corrected chi connectivity index (χ2v) is 6.76. The van der Waals surface area contributed by atoms with Gasteiger partial charge in [0.25, 0.3) is 0 Å². The van der Waals surface area contributed by atoms with Crippen LogP contribution >= 0.6 is 0 Å². The van der Waals surface area contributed by atoms with E-state index in [1.807, 2.05) is 0 Å². The summed E-state index contributed by atoms with van der Waals surface area (Å²) >= 11 is 0. The molecule has 2 atom stereocenters. The van der Waals surface area contributed by atoms with Crippen LogP contribution in [-0.4, -0.2) is 33.0 Å². The van der Waals surface area contributed by atoms with Crippen molar-refractivity contribution in [3.8, 4) is 11.4 Å². The van der Waals surface area contributed by atoms with E-state index >= 15 is 0 Å². The highest BCUT2D eigenvalue weighted by Crippen LogP contribution is 2.39. The highest BCUT2D eigenvalue weighted by atomic mass is 19.2. The van der Waals surface area contributed by atoms with Crippen molar-refractivity contribution in [2.45, 2.75) is 44.7 Å². The van der Waals surface area contributed by atoms with Gasteiger partial charge in [-0.3, -0.25) is 0 Å². The molecule has 26 heavy (non-hydrogen) atoms. The predicted octanol–water partition coefficient (Wildman–Crippen LogP) is 4.03. The predicted molar refractivity (Wildman–Crippen MR) is 89.0 cm³/mol. The number of piperidine rings is 1. The van der Waals surface area contributed by atoms with Crippen LogP contribution in [0.5, 0.6) is 0 Å². The molecule has 3 heterocycles. The minimum atomic E-state index is -1.13. The van der Waals surface area contributed by atoms with Crippen LogP contribution < -0.4 is 5.32 Å². The molecule has 0 radical (unpaired) electrons. The van der Waals surface area contributed by atoms with Crippen molar-refractivity contribution in [3.05, 3.63) is 41.5 Å². The van der Waals surface area contributed by atoms with Gasteiger partial charge < -0.3 is 10.2 Å². The number of hydrogen-bond acceptors (Lipinski definition) is 3. The van der Waals surface area contributed by atoms with Crippen LogP contribution in [0.2, 0.25) is 0 Å². The summed E-state index contributed by atoms with van der Waals surface area (Å²) in [6.07, 6.45) is 5.81. The lowest BCUT2D eigenvalue weighted by atomic mass is 9.80. The first kappa shape index (κ1) is 16.8. The number of amides is 2. The van der Waals surface area contributed by atoms with Gasteiger partial charge in [-0.2, -0.15) is 0 Å². The van der Waals surface area contributed by atoms with Crippen LogP contribution in [0, 0.1) is 24.4 Å². The Morgan fingerprint density at radius 1 is 1.15 bits per heavy atom. The maximum atomic E-state index is 14.3. The van der Waals surface area contributed by atoms with E-state index in [9.17, 15) is 18.0 Å². The number of urea groups is 1. The molecular weight excluding hydrogens is 345 g/mol. The van der Waals surface area contributed by atoms with Gasteiger partial charge in [0.15, 0.2) is 23.3 Å². The number of anilines is 1. The molecular formula is C18H17F3N4O. The number of nitrogens with one attached hydrogen (secondary N) is 1. The first-order valence-corrected chi connectivity index (χ1v) is 8.51. The number of aromatic nitrogens is 2. The Bertz CT molecular complexity index is 858. The van der Waals surface area contributed by atoms with Crippen LogP contribution in [-0.2, 0) is 0 Å². The summed E-state index contributed by atoms with van der Waals surface area (Å²) in [5.74, 6) is -2.80. The quantitative estimate of drug-likeness (QED) is 0.878. The Morgan fingerprint density at radius 2 is 1.81 bits per heavy atom. The van der Waals surface area contributed by atoms with Gasteiger partial charge in [0.2, 0.25) is 0 Å². The Kier molecular flexibility index (Phi) is 4.05. The second kappa shape index (κ2) is 6.26. The molecule has 0 saturated carbocycles. The Hall–Kier alpha value is -2.64. The molecule has 2 unspecified atom stereocenters. The van der Waals surface area contributed by atoms with E-state index < -0.39 is 23.5 Å². The van der Waals surface area contributed by atoms with Crippen LogP contribution in [0.1, 0.15) is 31.2 Å². The Morgan fingerprint density at radius 3 is 2.42 bits per heavy atom. The van der Waals surface area contributed by atoms with Crippen molar-refractivity contribution in [2.24, 2.45) is 0 Å². The second-order valence-electron chi connectivity index (χ2n) is 6.76. The summed E-state index contributed by atoms with van der Waals surface area (Å²) in [7, 11) is 0. The molecule has 8 heteroatoms. The van der Waals surface area contributed by atoms with Crippen molar-refractivity contribution in [1.29, 1.82) is 0 Å². The van der Waals surface area contributed by atoms with Crippen molar-refractivity contribution in [2.75, 3.05) is 5.32 Å². The Balaban J connectivity index is 1.65. The molecule has 4 rings (SSSR count). The van der Waals surface area contributed by atoms with Crippen LogP contribution in [0.3, 0.4) is 0 Å². The average Bonchev–Trinajstić information content (AvgIpc) is 2.63. The number of rotatable bonds is 2. The summed E-state index contributed by atoms with van der Waals surface area (Å²) in [4.78, 5) is 21.8. The van der Waals surface area contributed by atoms with Crippen molar-refractivity contribution in [3.63, 3.8) is 0 Å². The zero-order valence-corrected chi connectivity index (χ0v) is 14.1. The summed E-state index contributed by atoms with van der Waals surface area (Å²) in [5.41, 5.74) is -0.0815. The van der Waals surface area contributed by atoms with Crippen LogP contribution in [0.4, 0.5) is 23.7 Å². The van der Waals surface area contributed by atoms with E-state index in [2.05, 4.69) is 15.3 Å². The highest BCUT2D eigenvalue weighted by Gasteiger charge is 2.44. The molecule has 2 bridgehead atoms. The molecule has 5 nitrogen and oxygen atoms in total. The van der Waals surface area contributed by atoms with E-state index in [4.69, 9.17) is 0 Å². The minimum Gasteiger partial charge on any atom is -0.318 e. The third-order valence-corrected chi connectivity index (χ3v) is 5.19. The highest BCUT2D eigenvalue weighted by molar-refractivity contribution is 5.91. The SMILES string of the molecule is Cc1c(-c2ncc(F)cn2)cc(NC(=O)N2C3CCCC2C3)c(F)c1F. The van der Waals surface area contributed by atoms with Gasteiger partial charge >= 0.3 is 6.03 Å². The smallest absolute Gasteiger partial charge is 0.318 e. The van der Waals surface area contributed by atoms with Crippen molar-refractivity contribution < 1.29 is 18.0 Å². The van der Waals surface area contributed by atoms with Crippen molar-refractivity contribution >= 4 is 11.7 Å². The number of benzene rings is 1. The summed E-state index contributed by atoms with van der Waals surface area (Å²) in [6.45, 7) is 1.38. The van der Waals surface area contributed by atoms with Gasteiger partial charge in [-0.1, -0.05) is 0 Å². The van der Waals surface area contributed by atoms with E-state index in [0.29, 0.717) is 0 Å². The van der Waals surface area contributed by atoms with Crippen LogP contribution in [0.15, 0.2) is 18.5 Å². The lowest BCUT2D eigenvalue weighted by molar-refractivity contribution is 0.0173. The maximum absolute atomic E-state index is 14.3. The van der Waals surface area contributed by atoms with Crippen LogP contribution in [0.25, 0.3) is 11.4 Å². The fourth-order valence-electron chi connectivity index (χ4n) is 3.81. The molecule has 1 aromatic heterocycles. The maximum Gasteiger partial charge on any atom is 0.322 e. The van der Waals surface area contributed by atoms with Gasteiger partial charge in [-0.25, -0.2) is 27.9 Å². The van der Waals surface area contributed by atoms with Gasteiger partial charge in [0, 0.05) is 17.6 Å². The standard InChI is InChI=1S/C18H17F3N4O/c1-9-13(17-22-7-10(19)8-23-17)6-14(16(21)15(9)20)24-18(26)25-11-3-2-4-12(25)5-11/h6-8,11-12H,2-5H2,1H3,(H,24,26). The summed E-state index contributed by atoms with van der Waals surface area (Å²) in [6, 6.07) is 1.20. The number of fused-ring (bicyclic) bond motifs is 2. The monoisotopic (exact) mass is 362 g/mol. The van der Waals surface area contributed by atoms with Gasteiger partial charge in [0.1, 0.15) is 0 Å². The molecule has 2 amide bonds. The third-order valence-electron chi connectivity index (χ3n) is 5.19. The fraction of sp³-hybridized carbons (Fsp3) is 0.389. The molecule has 2 fully saturated rings. The zero-order valence-electron chi connectivity index (χ0n) is 14.1. The number of nitrogens with zero attached hydrogens (tertiary/aromatic N) is 3. The molecule has 2 aliphatic rings. The van der Waals surface area contributed by atoms with Crippen molar-refractivity contribution in [1.82, 2.24) is 14.9 Å². The van der Waals surface area contributed by atoms with Gasteiger partial charge in [-0.05, 0) is 44.2 Å². The Labute approximate surface area is 148 Å². The minimum absolute atomic E-state index is 0.00655.